The third kappa shape index (κ3) is 1.72. The number of hydrogen-bond donors (Lipinski definition) is 1. The summed E-state index contributed by atoms with van der Waals surface area (Å²) < 4.78 is 5.20. The summed E-state index contributed by atoms with van der Waals surface area (Å²) in [5.74, 6) is -0.357. The fourth-order valence-electron chi connectivity index (χ4n) is 6.79. The van der Waals surface area contributed by atoms with E-state index in [9.17, 15) is 14.7 Å². The SMILES string of the molecule is C/C=C1/CN2[C@H]3C[C@@]4(C(=O)N(C)c5ccccc54)[C@@H]2C[C@@H]1[C@@]3(CO)C(=O)OC. The molecule has 1 aromatic rings. The molecule has 1 amide bonds. The van der Waals surface area contributed by atoms with Gasteiger partial charge in [0.15, 0.2) is 0 Å². The van der Waals surface area contributed by atoms with Crippen molar-refractivity contribution in [3.05, 3.63) is 41.5 Å². The van der Waals surface area contributed by atoms with Gasteiger partial charge in [-0.1, -0.05) is 29.8 Å². The Morgan fingerprint density at radius 2 is 2.11 bits per heavy atom. The van der Waals surface area contributed by atoms with Crippen molar-refractivity contribution in [2.75, 3.05) is 32.2 Å². The van der Waals surface area contributed by atoms with Crippen LogP contribution in [0.25, 0.3) is 0 Å². The molecule has 0 aliphatic carbocycles. The van der Waals surface area contributed by atoms with Gasteiger partial charge < -0.3 is 14.7 Å². The van der Waals surface area contributed by atoms with Crippen LogP contribution in [0, 0.1) is 11.3 Å². The quantitative estimate of drug-likeness (QED) is 0.620. The zero-order valence-corrected chi connectivity index (χ0v) is 16.5. The van der Waals surface area contributed by atoms with Crippen LogP contribution in [0.4, 0.5) is 5.69 Å². The third-order valence-electron chi connectivity index (χ3n) is 8.00. The molecule has 0 saturated carbocycles. The average Bonchev–Trinajstić information content (AvgIpc) is 3.13. The van der Waals surface area contributed by atoms with Gasteiger partial charge in [-0.05, 0) is 31.4 Å². The fraction of sp³-hybridized carbons (Fsp3) is 0.545. The molecule has 1 unspecified atom stereocenters. The van der Waals surface area contributed by atoms with Gasteiger partial charge in [0.05, 0.1) is 19.1 Å². The molecule has 6 rings (SSSR count). The van der Waals surface area contributed by atoms with Crippen molar-refractivity contribution in [1.29, 1.82) is 0 Å². The normalized spacial score (nSPS) is 41.8. The second kappa shape index (κ2) is 5.67. The zero-order chi connectivity index (χ0) is 19.8. The van der Waals surface area contributed by atoms with Crippen LogP contribution in [-0.2, 0) is 19.7 Å². The summed E-state index contributed by atoms with van der Waals surface area (Å²) in [5.41, 5.74) is 1.51. The number of para-hydroxylation sites is 1. The Kier molecular flexibility index (Phi) is 3.62. The molecular formula is C22H26N2O4. The second-order valence-electron chi connectivity index (χ2n) is 8.60. The maximum atomic E-state index is 13.6. The van der Waals surface area contributed by atoms with Gasteiger partial charge in [-0.15, -0.1) is 0 Å². The van der Waals surface area contributed by atoms with Crippen molar-refractivity contribution >= 4 is 17.6 Å². The van der Waals surface area contributed by atoms with E-state index in [1.165, 1.54) is 7.11 Å². The number of carbonyl (C=O) groups is 2. The number of nitrogens with zero attached hydrogens (tertiary/aromatic N) is 2. The maximum absolute atomic E-state index is 13.6. The van der Waals surface area contributed by atoms with Gasteiger partial charge in [0, 0.05) is 37.3 Å². The number of amides is 1. The highest BCUT2D eigenvalue weighted by Gasteiger charge is 2.74. The molecule has 1 spiro atoms. The lowest BCUT2D eigenvalue weighted by Gasteiger charge is -2.57. The van der Waals surface area contributed by atoms with E-state index in [-0.39, 0.29) is 36.5 Å². The number of esters is 1. The van der Waals surface area contributed by atoms with Gasteiger partial charge >= 0.3 is 5.97 Å². The number of aliphatic hydroxyl groups is 1. The fourth-order valence-corrected chi connectivity index (χ4v) is 6.79. The Hall–Kier alpha value is -2.18. The summed E-state index contributed by atoms with van der Waals surface area (Å²) in [6.07, 6.45) is 3.28. The number of likely N-dealkylation sites (N-methyl/N-ethyl adjacent to an activating group) is 1. The number of piperidine rings is 3. The minimum absolute atomic E-state index is 0.0362. The second-order valence-corrected chi connectivity index (χ2v) is 8.60. The first-order valence-corrected chi connectivity index (χ1v) is 9.95. The predicted octanol–water partition coefficient (Wildman–Crippen LogP) is 1.48. The molecule has 1 N–H and O–H groups in total. The first-order chi connectivity index (χ1) is 13.5. The van der Waals surface area contributed by atoms with E-state index in [1.54, 1.807) is 4.90 Å². The molecule has 6 heteroatoms. The molecule has 0 radical (unpaired) electrons. The van der Waals surface area contributed by atoms with Crippen LogP contribution in [0.3, 0.4) is 0 Å². The topological polar surface area (TPSA) is 70.1 Å². The number of aliphatic hydroxyl groups excluding tert-OH is 1. The highest BCUT2D eigenvalue weighted by molar-refractivity contribution is 6.09. The lowest BCUT2D eigenvalue weighted by atomic mass is 9.60. The Labute approximate surface area is 164 Å². The van der Waals surface area contributed by atoms with E-state index in [4.69, 9.17) is 4.74 Å². The number of allylic oxidation sites excluding steroid dienone is 1. The van der Waals surface area contributed by atoms with Gasteiger partial charge in [0.25, 0.3) is 0 Å². The minimum Gasteiger partial charge on any atom is -0.468 e. The van der Waals surface area contributed by atoms with Crippen molar-refractivity contribution in [2.45, 2.75) is 37.3 Å². The number of fused-ring (bicyclic) bond motifs is 3. The molecular weight excluding hydrogens is 356 g/mol. The van der Waals surface area contributed by atoms with Gasteiger partial charge in [-0.2, -0.15) is 0 Å². The van der Waals surface area contributed by atoms with Crippen LogP contribution < -0.4 is 4.90 Å². The van der Waals surface area contributed by atoms with Gasteiger partial charge in [0.2, 0.25) is 5.91 Å². The van der Waals surface area contributed by atoms with Gasteiger partial charge in [-0.25, -0.2) is 0 Å². The van der Waals surface area contributed by atoms with Crippen molar-refractivity contribution < 1.29 is 19.4 Å². The van der Waals surface area contributed by atoms with Crippen molar-refractivity contribution in [1.82, 2.24) is 4.90 Å². The molecule has 5 aliphatic heterocycles. The summed E-state index contributed by atoms with van der Waals surface area (Å²) >= 11 is 0. The monoisotopic (exact) mass is 382 g/mol. The van der Waals surface area contributed by atoms with E-state index < -0.39 is 10.8 Å². The molecule has 0 aromatic heterocycles. The number of benzene rings is 1. The Bertz CT molecular complexity index is 912. The van der Waals surface area contributed by atoms with E-state index in [2.05, 4.69) is 17.0 Å². The Morgan fingerprint density at radius 1 is 1.36 bits per heavy atom. The van der Waals surface area contributed by atoms with Gasteiger partial charge in [-0.3, -0.25) is 14.5 Å². The molecule has 4 saturated heterocycles. The van der Waals surface area contributed by atoms with Crippen LogP contribution in [0.5, 0.6) is 0 Å². The summed E-state index contributed by atoms with van der Waals surface area (Å²) in [6.45, 7) is 2.46. The first kappa shape index (κ1) is 17.9. The van der Waals surface area contributed by atoms with E-state index >= 15 is 0 Å². The highest BCUT2D eigenvalue weighted by Crippen LogP contribution is 2.65. The molecule has 6 atom stereocenters. The van der Waals surface area contributed by atoms with Crippen LogP contribution in [0.2, 0.25) is 0 Å². The molecule has 4 fully saturated rings. The summed E-state index contributed by atoms with van der Waals surface area (Å²) in [5, 5.41) is 10.5. The minimum atomic E-state index is -1.01. The van der Waals surface area contributed by atoms with Crippen LogP contribution in [-0.4, -0.2) is 61.3 Å². The van der Waals surface area contributed by atoms with Crippen LogP contribution >= 0.6 is 0 Å². The van der Waals surface area contributed by atoms with Crippen molar-refractivity contribution in [2.24, 2.45) is 11.3 Å². The summed E-state index contributed by atoms with van der Waals surface area (Å²) in [6, 6.07) is 7.82. The summed E-state index contributed by atoms with van der Waals surface area (Å²) in [4.78, 5) is 30.7. The largest absolute Gasteiger partial charge is 0.468 e. The standard InChI is InChI=1S/C22H26N2O4/c1-4-13-11-24-17-9-15(13)22(12-25,20(27)28-3)18(24)10-21(17)14-7-5-6-8-16(14)23(2)19(21)26/h4-8,15,17-18,25H,9-12H2,1-3H3/b13-4-/t15-,17-,18-,21-,22+/m0/s1. The number of methoxy groups -OCH3 is 1. The molecule has 5 heterocycles. The molecule has 28 heavy (non-hydrogen) atoms. The lowest BCUT2D eigenvalue weighted by Crippen LogP contribution is -2.67. The molecule has 148 valence electrons. The summed E-state index contributed by atoms with van der Waals surface area (Å²) in [7, 11) is 3.22. The third-order valence-corrected chi connectivity index (χ3v) is 8.00. The molecule has 4 bridgehead atoms. The number of carbonyl (C=O) groups excluding carboxylic acids is 2. The van der Waals surface area contributed by atoms with Gasteiger partial charge in [0.1, 0.15) is 5.41 Å². The van der Waals surface area contributed by atoms with Crippen molar-refractivity contribution in [3.63, 3.8) is 0 Å². The molecule has 6 nitrogen and oxygen atoms in total. The van der Waals surface area contributed by atoms with Crippen LogP contribution in [0.1, 0.15) is 25.3 Å². The number of rotatable bonds is 2. The van der Waals surface area contributed by atoms with E-state index in [0.717, 1.165) is 23.4 Å². The average molecular weight is 382 g/mol. The first-order valence-electron chi connectivity index (χ1n) is 9.95. The van der Waals surface area contributed by atoms with Crippen LogP contribution in [0.15, 0.2) is 35.9 Å². The number of hydrogen-bond acceptors (Lipinski definition) is 5. The van der Waals surface area contributed by atoms with E-state index in [1.807, 2.05) is 32.2 Å². The molecule has 1 aromatic carbocycles. The number of anilines is 1. The Morgan fingerprint density at radius 3 is 2.79 bits per heavy atom. The number of ether oxygens (including phenoxy) is 1. The Balaban J connectivity index is 1.72. The van der Waals surface area contributed by atoms with Crippen molar-refractivity contribution in [3.8, 4) is 0 Å². The lowest BCUT2D eigenvalue weighted by molar-refractivity contribution is -0.175. The highest BCUT2D eigenvalue weighted by atomic mass is 16.5. The smallest absolute Gasteiger partial charge is 0.316 e. The zero-order valence-electron chi connectivity index (χ0n) is 16.5. The maximum Gasteiger partial charge on any atom is 0.316 e. The van der Waals surface area contributed by atoms with E-state index in [0.29, 0.717) is 12.8 Å². The molecule has 5 aliphatic rings. The predicted molar refractivity (Wildman–Crippen MR) is 104 cm³/mol.